The molecule has 23 heavy (non-hydrogen) atoms. The number of benzene rings is 1. The van der Waals surface area contributed by atoms with E-state index in [1.54, 1.807) is 6.92 Å². The minimum atomic E-state index is -3.42. The number of ether oxygens (including phenoxy) is 1. The van der Waals surface area contributed by atoms with Gasteiger partial charge in [-0.15, -0.1) is 0 Å². The number of aliphatic hydroxyl groups is 1. The second-order valence-electron chi connectivity index (χ2n) is 5.18. The number of carbonyl (C=O) groups excluding carboxylic acids is 1. The highest BCUT2D eigenvalue weighted by Gasteiger charge is 2.30. The summed E-state index contributed by atoms with van der Waals surface area (Å²) in [6, 6.07) is 2.67. The molecule has 0 bridgehead atoms. The maximum absolute atomic E-state index is 14.5. The SMILES string of the molecule is CC1CC(=O)NN=C1c1ccc(OCC(F)(F)CO)c(Br)c1F. The fraction of sp³-hybridized carbons (Fsp3) is 0.429. The monoisotopic (exact) mass is 394 g/mol. The first kappa shape index (κ1) is 17.7. The van der Waals surface area contributed by atoms with Gasteiger partial charge in [0.1, 0.15) is 18.2 Å². The van der Waals surface area contributed by atoms with E-state index < -0.39 is 25.0 Å². The summed E-state index contributed by atoms with van der Waals surface area (Å²) in [6.45, 7) is -0.704. The van der Waals surface area contributed by atoms with Gasteiger partial charge in [-0.25, -0.2) is 18.6 Å². The molecule has 1 aromatic rings. The Labute approximate surface area is 138 Å². The molecule has 0 saturated heterocycles. The highest BCUT2D eigenvalue weighted by atomic mass is 79.9. The summed E-state index contributed by atoms with van der Waals surface area (Å²) in [4.78, 5) is 11.2. The largest absolute Gasteiger partial charge is 0.486 e. The van der Waals surface area contributed by atoms with Gasteiger partial charge in [0.05, 0.1) is 10.2 Å². The third kappa shape index (κ3) is 4.03. The summed E-state index contributed by atoms with van der Waals surface area (Å²) >= 11 is 2.97. The maximum Gasteiger partial charge on any atom is 0.303 e. The Bertz CT molecular complexity index is 652. The average Bonchev–Trinajstić information content (AvgIpc) is 2.50. The van der Waals surface area contributed by atoms with E-state index in [-0.39, 0.29) is 34.0 Å². The zero-order valence-electron chi connectivity index (χ0n) is 12.1. The van der Waals surface area contributed by atoms with E-state index in [1.165, 1.54) is 12.1 Å². The molecule has 1 aromatic carbocycles. The van der Waals surface area contributed by atoms with Gasteiger partial charge in [-0.1, -0.05) is 6.92 Å². The molecule has 2 rings (SSSR count). The van der Waals surface area contributed by atoms with Gasteiger partial charge in [-0.2, -0.15) is 5.10 Å². The van der Waals surface area contributed by atoms with Crippen LogP contribution < -0.4 is 10.2 Å². The first-order chi connectivity index (χ1) is 10.7. The maximum atomic E-state index is 14.5. The molecular formula is C14H14BrF3N2O3. The van der Waals surface area contributed by atoms with Crippen LogP contribution in [0.4, 0.5) is 13.2 Å². The first-order valence-corrected chi connectivity index (χ1v) is 7.50. The fourth-order valence-corrected chi connectivity index (χ4v) is 2.51. The van der Waals surface area contributed by atoms with Crippen LogP contribution in [0.15, 0.2) is 21.7 Å². The lowest BCUT2D eigenvalue weighted by molar-refractivity contribution is -0.121. The second kappa shape index (κ2) is 6.88. The molecule has 1 unspecified atom stereocenters. The molecular weight excluding hydrogens is 381 g/mol. The summed E-state index contributed by atoms with van der Waals surface area (Å²) < 4.78 is 45.2. The predicted octanol–water partition coefficient (Wildman–Crippen LogP) is 2.45. The number of nitrogens with zero attached hydrogens (tertiary/aromatic N) is 1. The molecule has 1 aliphatic rings. The third-order valence-electron chi connectivity index (χ3n) is 3.25. The van der Waals surface area contributed by atoms with Crippen molar-refractivity contribution in [2.75, 3.05) is 13.2 Å². The van der Waals surface area contributed by atoms with Crippen molar-refractivity contribution >= 4 is 27.5 Å². The number of hydrogen-bond donors (Lipinski definition) is 2. The number of nitrogens with one attached hydrogen (secondary N) is 1. The first-order valence-electron chi connectivity index (χ1n) is 6.71. The Morgan fingerprint density at radius 2 is 2.22 bits per heavy atom. The Morgan fingerprint density at radius 3 is 2.83 bits per heavy atom. The molecule has 0 fully saturated rings. The van der Waals surface area contributed by atoms with E-state index in [0.717, 1.165) is 0 Å². The minimum Gasteiger partial charge on any atom is -0.486 e. The highest BCUT2D eigenvalue weighted by Crippen LogP contribution is 2.32. The van der Waals surface area contributed by atoms with Crippen molar-refractivity contribution in [3.05, 3.63) is 28.0 Å². The smallest absolute Gasteiger partial charge is 0.303 e. The summed E-state index contributed by atoms with van der Waals surface area (Å²) in [6.07, 6.45) is 0.177. The molecule has 0 spiro atoms. The van der Waals surface area contributed by atoms with Crippen LogP contribution in [-0.4, -0.2) is 35.9 Å². The second-order valence-corrected chi connectivity index (χ2v) is 5.97. The fourth-order valence-electron chi connectivity index (χ4n) is 2.05. The highest BCUT2D eigenvalue weighted by molar-refractivity contribution is 9.10. The van der Waals surface area contributed by atoms with Crippen LogP contribution in [-0.2, 0) is 4.79 Å². The van der Waals surface area contributed by atoms with Gasteiger partial charge in [0, 0.05) is 17.9 Å². The summed E-state index contributed by atoms with van der Waals surface area (Å²) in [5.74, 6) is -4.80. The van der Waals surface area contributed by atoms with Gasteiger partial charge >= 0.3 is 5.92 Å². The van der Waals surface area contributed by atoms with Crippen LogP contribution in [0.5, 0.6) is 5.75 Å². The van der Waals surface area contributed by atoms with Crippen molar-refractivity contribution in [1.82, 2.24) is 5.43 Å². The number of aliphatic hydroxyl groups excluding tert-OH is 1. The zero-order valence-corrected chi connectivity index (χ0v) is 13.7. The lowest BCUT2D eigenvalue weighted by atomic mass is 9.94. The van der Waals surface area contributed by atoms with E-state index in [4.69, 9.17) is 9.84 Å². The van der Waals surface area contributed by atoms with Gasteiger partial charge < -0.3 is 9.84 Å². The Balaban J connectivity index is 2.26. The molecule has 0 aliphatic carbocycles. The molecule has 2 N–H and O–H groups in total. The van der Waals surface area contributed by atoms with Crippen molar-refractivity contribution in [3.63, 3.8) is 0 Å². The van der Waals surface area contributed by atoms with Crippen LogP contribution in [0, 0.1) is 11.7 Å². The number of amides is 1. The number of carbonyl (C=O) groups is 1. The number of halogens is 4. The number of hydrazone groups is 1. The number of alkyl halides is 2. The molecule has 9 heteroatoms. The van der Waals surface area contributed by atoms with E-state index in [2.05, 4.69) is 26.5 Å². The predicted molar refractivity (Wildman–Crippen MR) is 80.1 cm³/mol. The van der Waals surface area contributed by atoms with Gasteiger partial charge in [-0.3, -0.25) is 4.79 Å². The third-order valence-corrected chi connectivity index (χ3v) is 3.99. The van der Waals surface area contributed by atoms with Crippen molar-refractivity contribution in [2.24, 2.45) is 11.0 Å². The van der Waals surface area contributed by atoms with E-state index >= 15 is 0 Å². The molecule has 1 amide bonds. The molecule has 0 aromatic heterocycles. The van der Waals surface area contributed by atoms with Crippen LogP contribution in [0.2, 0.25) is 0 Å². The van der Waals surface area contributed by atoms with Gasteiger partial charge in [0.25, 0.3) is 0 Å². The molecule has 1 atom stereocenters. The van der Waals surface area contributed by atoms with Gasteiger partial charge in [0.15, 0.2) is 6.61 Å². The lowest BCUT2D eigenvalue weighted by Gasteiger charge is -2.21. The molecule has 0 radical (unpaired) electrons. The van der Waals surface area contributed by atoms with Crippen molar-refractivity contribution in [2.45, 2.75) is 19.3 Å². The van der Waals surface area contributed by atoms with Crippen molar-refractivity contribution < 1.29 is 27.8 Å². The lowest BCUT2D eigenvalue weighted by Crippen LogP contribution is -2.32. The Morgan fingerprint density at radius 1 is 1.52 bits per heavy atom. The standard InChI is InChI=1S/C14H14BrF3N2O3/c1-7-4-10(22)19-20-13(7)8-2-3-9(11(15)12(8)16)23-6-14(17,18)5-21/h2-3,7,21H,4-6H2,1H3,(H,19,22). The van der Waals surface area contributed by atoms with E-state index in [0.29, 0.717) is 5.71 Å². The molecule has 0 saturated carbocycles. The van der Waals surface area contributed by atoms with Gasteiger partial charge in [-0.05, 0) is 28.1 Å². The normalized spacial score (nSPS) is 18.4. The Hall–Kier alpha value is -1.61. The topological polar surface area (TPSA) is 70.9 Å². The summed E-state index contributed by atoms with van der Waals surface area (Å²) in [5.41, 5.74) is 2.78. The van der Waals surface area contributed by atoms with Crippen molar-refractivity contribution in [1.29, 1.82) is 0 Å². The number of rotatable bonds is 5. The average molecular weight is 395 g/mol. The molecule has 5 nitrogen and oxygen atoms in total. The quantitative estimate of drug-likeness (QED) is 0.805. The summed E-state index contributed by atoms with van der Waals surface area (Å²) in [7, 11) is 0. The zero-order chi connectivity index (χ0) is 17.2. The van der Waals surface area contributed by atoms with Crippen LogP contribution in [0.3, 0.4) is 0 Å². The van der Waals surface area contributed by atoms with Crippen molar-refractivity contribution in [3.8, 4) is 5.75 Å². The molecule has 1 heterocycles. The molecule has 126 valence electrons. The number of hydrogen-bond acceptors (Lipinski definition) is 4. The van der Waals surface area contributed by atoms with Crippen LogP contribution in [0.25, 0.3) is 0 Å². The minimum absolute atomic E-state index is 0.118. The van der Waals surface area contributed by atoms with Gasteiger partial charge in [0.2, 0.25) is 5.91 Å². The summed E-state index contributed by atoms with van der Waals surface area (Å²) in [5, 5.41) is 12.3. The van der Waals surface area contributed by atoms with E-state index in [9.17, 15) is 18.0 Å². The Kier molecular flexibility index (Phi) is 5.30. The molecule has 1 aliphatic heterocycles. The van der Waals surface area contributed by atoms with Crippen LogP contribution >= 0.6 is 15.9 Å². The van der Waals surface area contributed by atoms with Crippen LogP contribution in [0.1, 0.15) is 18.9 Å². The van der Waals surface area contributed by atoms with E-state index in [1.807, 2.05) is 0 Å².